The van der Waals surface area contributed by atoms with E-state index in [4.69, 9.17) is 11.1 Å². The third-order valence-corrected chi connectivity index (χ3v) is 1.15. The van der Waals surface area contributed by atoms with Gasteiger partial charge in [-0.25, -0.2) is 0 Å². The van der Waals surface area contributed by atoms with Crippen LogP contribution in [0, 0.1) is 5.41 Å². The van der Waals surface area contributed by atoms with Gasteiger partial charge in [0.25, 0.3) is 0 Å². The van der Waals surface area contributed by atoms with Crippen LogP contribution in [0.4, 0.5) is 0 Å². The summed E-state index contributed by atoms with van der Waals surface area (Å²) >= 11 is 4.51. The number of likely N-dealkylation sites (N-methyl/N-ethyl adjacent to an activating group) is 1. The van der Waals surface area contributed by atoms with Crippen molar-refractivity contribution in [3.05, 3.63) is 0 Å². The van der Waals surface area contributed by atoms with Crippen molar-refractivity contribution in [2.24, 2.45) is 5.73 Å². The molecule has 9 heavy (non-hydrogen) atoms. The number of hydrogen-bond donors (Lipinski definition) is 2. The normalized spacial score (nSPS) is 13.2. The number of nitrogens with two attached hydrogens (primary N) is 1. The zero-order chi connectivity index (χ0) is 7.44. The Morgan fingerprint density at radius 3 is 2.22 bits per heavy atom. The summed E-state index contributed by atoms with van der Waals surface area (Å²) < 4.78 is 0. The van der Waals surface area contributed by atoms with Crippen LogP contribution in [-0.4, -0.2) is 36.2 Å². The second kappa shape index (κ2) is 3.53. The van der Waals surface area contributed by atoms with Gasteiger partial charge in [0, 0.05) is 0 Å². The molecule has 1 unspecified atom stereocenters. The molecule has 0 aromatic rings. The number of nitrogens with zero attached hydrogens (tertiary/aromatic N) is 1. The Kier molecular flexibility index (Phi) is 3.34. The summed E-state index contributed by atoms with van der Waals surface area (Å²) in [6.07, 6.45) is 0. The molecule has 3 N–H and O–H groups in total. The minimum absolute atomic E-state index is 0.0370. The van der Waals surface area contributed by atoms with Crippen molar-refractivity contribution in [2.45, 2.75) is 6.04 Å². The average Bonchev–Trinajstić information content (AvgIpc) is 1.64. The van der Waals surface area contributed by atoms with Gasteiger partial charge in [-0.2, -0.15) is 0 Å². The van der Waals surface area contributed by atoms with E-state index in [1.807, 2.05) is 0 Å². The van der Waals surface area contributed by atoms with Crippen LogP contribution in [0.2, 0.25) is 0 Å². The Balaban J connectivity index is 3.98. The molecule has 0 rings (SSSR count). The Labute approximate surface area is 60.3 Å². The van der Waals surface area contributed by atoms with Crippen LogP contribution < -0.4 is 5.73 Å². The van der Waals surface area contributed by atoms with Gasteiger partial charge in [-0.1, -0.05) is 12.2 Å². The lowest BCUT2D eigenvalue weighted by atomic mass is 10.3. The van der Waals surface area contributed by atoms with Crippen molar-refractivity contribution in [1.29, 1.82) is 5.41 Å². The van der Waals surface area contributed by atoms with Gasteiger partial charge < -0.3 is 5.73 Å². The van der Waals surface area contributed by atoms with E-state index in [9.17, 15) is 0 Å². The number of thiocarbonyl (C=S) groups is 1. The molecule has 3 nitrogen and oxygen atoms in total. The molecular weight excluding hydrogens is 134 g/mol. The van der Waals surface area contributed by atoms with Gasteiger partial charge in [-0.15, -0.1) is 0 Å². The van der Waals surface area contributed by atoms with Gasteiger partial charge in [0.1, 0.15) is 11.9 Å². The van der Waals surface area contributed by atoms with E-state index >= 15 is 0 Å². The lowest BCUT2D eigenvalue weighted by molar-refractivity contribution is 0.428. The molecule has 0 aromatic heterocycles. The lowest BCUT2D eigenvalue weighted by Gasteiger charge is -2.16. The molecule has 0 aliphatic carbocycles. The summed E-state index contributed by atoms with van der Waals surface area (Å²) in [5, 5.41) is 9.45. The van der Waals surface area contributed by atoms with Crippen LogP contribution in [0.15, 0.2) is 0 Å². The van der Waals surface area contributed by atoms with Gasteiger partial charge >= 0.3 is 0 Å². The highest BCUT2D eigenvalue weighted by Crippen LogP contribution is 1.87. The molecule has 0 saturated carbocycles. The van der Waals surface area contributed by atoms with E-state index < -0.39 is 0 Å². The molecule has 0 heterocycles. The molecule has 51 valence electrons. The quantitative estimate of drug-likeness (QED) is 0.326. The highest BCUT2D eigenvalue weighted by molar-refractivity contribution is 7.79. The second-order valence-electron chi connectivity index (χ2n) is 1.94. The third kappa shape index (κ3) is 2.53. The van der Waals surface area contributed by atoms with Crippen molar-refractivity contribution in [2.75, 3.05) is 14.1 Å². The Bertz CT molecular complexity index is 121. The Morgan fingerprint density at radius 1 is 1.78 bits per heavy atom. The molecule has 0 bridgehead atoms. The first-order chi connectivity index (χ1) is 4.09. The zero-order valence-corrected chi connectivity index (χ0v) is 6.33. The maximum Gasteiger partial charge on any atom is 0.114 e. The molecule has 4 heteroatoms. The van der Waals surface area contributed by atoms with Crippen LogP contribution in [-0.2, 0) is 0 Å². The SMILES string of the molecule is CN(C)C([C]=S)C(=N)N. The number of hydrogen-bond acceptors (Lipinski definition) is 3. The molecule has 0 amide bonds. The molecule has 0 fully saturated rings. The maximum absolute atomic E-state index is 6.99. The molecule has 1 atom stereocenters. The van der Waals surface area contributed by atoms with Crippen molar-refractivity contribution >= 4 is 23.4 Å². The smallest absolute Gasteiger partial charge is 0.114 e. The molecule has 0 aliphatic heterocycles. The second-order valence-corrected chi connectivity index (χ2v) is 2.18. The fraction of sp³-hybridized carbons (Fsp3) is 0.600. The summed E-state index contributed by atoms with van der Waals surface area (Å²) in [5.41, 5.74) is 5.16. The van der Waals surface area contributed by atoms with Crippen molar-refractivity contribution in [1.82, 2.24) is 4.90 Å². The summed E-state index contributed by atoms with van der Waals surface area (Å²) in [4.78, 5) is 1.73. The topological polar surface area (TPSA) is 53.1 Å². The minimum Gasteiger partial charge on any atom is -0.386 e. The van der Waals surface area contributed by atoms with Crippen molar-refractivity contribution in [3.8, 4) is 0 Å². The standard InChI is InChI=1S/C5H10N3S/c1-8(2)4(3-9)5(6)7/h4H,1-2H3,(H3,6,7). The third-order valence-electron chi connectivity index (χ3n) is 0.923. The number of nitrogens with one attached hydrogen (secondary N) is 1. The summed E-state index contributed by atoms with van der Waals surface area (Å²) in [6.45, 7) is 0. The fourth-order valence-corrected chi connectivity index (χ4v) is 0.785. The molecule has 0 aromatic carbocycles. The summed E-state index contributed by atoms with van der Waals surface area (Å²) in [6, 6.07) is -0.319. The number of amidine groups is 1. The number of rotatable bonds is 3. The van der Waals surface area contributed by atoms with Gasteiger partial charge in [-0.05, 0) is 14.1 Å². The highest BCUT2D eigenvalue weighted by atomic mass is 32.1. The Morgan fingerprint density at radius 2 is 2.22 bits per heavy atom. The Hall–Kier alpha value is -0.480. The fourth-order valence-electron chi connectivity index (χ4n) is 0.447. The predicted molar refractivity (Wildman–Crippen MR) is 42.0 cm³/mol. The molecule has 0 aliphatic rings. The molecule has 0 saturated heterocycles. The van der Waals surface area contributed by atoms with Gasteiger partial charge in [0.05, 0.1) is 5.37 Å². The van der Waals surface area contributed by atoms with E-state index in [0.29, 0.717) is 0 Å². The van der Waals surface area contributed by atoms with Crippen LogP contribution in [0.1, 0.15) is 0 Å². The van der Waals surface area contributed by atoms with E-state index in [1.165, 1.54) is 0 Å². The van der Waals surface area contributed by atoms with Crippen LogP contribution in [0.3, 0.4) is 0 Å². The maximum atomic E-state index is 6.99. The highest BCUT2D eigenvalue weighted by Gasteiger charge is 2.09. The lowest BCUT2D eigenvalue weighted by Crippen LogP contribution is -2.40. The molecule has 1 radical (unpaired) electrons. The van der Waals surface area contributed by atoms with Crippen LogP contribution >= 0.6 is 12.2 Å². The van der Waals surface area contributed by atoms with Gasteiger partial charge in [-0.3, -0.25) is 10.3 Å². The minimum atomic E-state index is -0.319. The average molecular weight is 144 g/mol. The van der Waals surface area contributed by atoms with Crippen LogP contribution in [0.25, 0.3) is 0 Å². The monoisotopic (exact) mass is 144 g/mol. The van der Waals surface area contributed by atoms with E-state index in [2.05, 4.69) is 17.6 Å². The first-order valence-electron chi connectivity index (χ1n) is 2.47. The first kappa shape index (κ1) is 8.52. The molecular formula is C5H10N3S. The van der Waals surface area contributed by atoms with Crippen molar-refractivity contribution in [3.63, 3.8) is 0 Å². The summed E-state index contributed by atoms with van der Waals surface area (Å²) in [5.74, 6) is 0.0370. The largest absolute Gasteiger partial charge is 0.386 e. The first-order valence-corrected chi connectivity index (χ1v) is 2.88. The summed E-state index contributed by atoms with van der Waals surface area (Å²) in [7, 11) is 3.59. The van der Waals surface area contributed by atoms with E-state index in [1.54, 1.807) is 19.0 Å². The molecule has 0 spiro atoms. The van der Waals surface area contributed by atoms with E-state index in [-0.39, 0.29) is 11.9 Å². The van der Waals surface area contributed by atoms with Crippen molar-refractivity contribution < 1.29 is 0 Å². The van der Waals surface area contributed by atoms with Gasteiger partial charge in [0.15, 0.2) is 0 Å². The predicted octanol–water partition coefficient (Wildman–Crippen LogP) is -0.271. The zero-order valence-electron chi connectivity index (χ0n) is 5.51. The van der Waals surface area contributed by atoms with Gasteiger partial charge in [0.2, 0.25) is 0 Å². The van der Waals surface area contributed by atoms with E-state index in [0.717, 1.165) is 0 Å². The van der Waals surface area contributed by atoms with Crippen LogP contribution in [0.5, 0.6) is 0 Å².